The maximum Gasteiger partial charge on any atom is 0.210 e. The second-order valence-electron chi connectivity index (χ2n) is 3.82. The van der Waals surface area contributed by atoms with Crippen molar-refractivity contribution in [3.8, 4) is 0 Å². The highest BCUT2D eigenvalue weighted by atomic mass is 16.2. The molecule has 1 aliphatic rings. The van der Waals surface area contributed by atoms with Gasteiger partial charge in [-0.2, -0.15) is 0 Å². The molecule has 0 amide bonds. The summed E-state index contributed by atoms with van der Waals surface area (Å²) in [5.74, 6) is -0.123. The largest absolute Gasteiger partial charge is 0.515 e. The fourth-order valence-corrected chi connectivity index (χ4v) is 2.10. The van der Waals surface area contributed by atoms with E-state index in [4.69, 9.17) is 5.11 Å². The van der Waals surface area contributed by atoms with Crippen molar-refractivity contribution in [1.82, 2.24) is 9.38 Å². The van der Waals surface area contributed by atoms with E-state index in [1.165, 1.54) is 0 Å². The van der Waals surface area contributed by atoms with E-state index in [1.54, 1.807) is 4.40 Å². The molecule has 2 aromatic rings. The molecular weight excluding hydrogens is 204 g/mol. The predicted molar refractivity (Wildman–Crippen MR) is 58.6 cm³/mol. The fourth-order valence-electron chi connectivity index (χ4n) is 2.10. The third-order valence-corrected chi connectivity index (χ3v) is 2.90. The molecule has 0 atom stereocenters. The highest BCUT2D eigenvalue weighted by Gasteiger charge is 2.26. The third kappa shape index (κ3) is 1.10. The highest BCUT2D eigenvalue weighted by molar-refractivity contribution is 6.09. The number of carbonyl (C=O) groups is 1. The Kier molecular flexibility index (Phi) is 1.83. The first kappa shape index (κ1) is 9.15. The lowest BCUT2D eigenvalue weighted by atomic mass is 9.95. The van der Waals surface area contributed by atoms with Gasteiger partial charge in [-0.25, -0.2) is 4.98 Å². The average Bonchev–Trinajstić information content (AvgIpc) is 2.68. The Labute approximate surface area is 91.9 Å². The summed E-state index contributed by atoms with van der Waals surface area (Å²) < 4.78 is 1.78. The van der Waals surface area contributed by atoms with E-state index in [9.17, 15) is 4.79 Å². The molecule has 16 heavy (non-hydrogen) atoms. The zero-order valence-electron chi connectivity index (χ0n) is 8.55. The van der Waals surface area contributed by atoms with Gasteiger partial charge < -0.3 is 5.11 Å². The molecule has 0 unspecified atom stereocenters. The summed E-state index contributed by atoms with van der Waals surface area (Å²) in [6, 6.07) is 5.62. The number of aliphatic hydroxyl groups excluding tert-OH is 1. The lowest BCUT2D eigenvalue weighted by Gasteiger charge is -2.11. The molecule has 0 spiro atoms. The maximum atomic E-state index is 12.0. The van der Waals surface area contributed by atoms with Crippen LogP contribution in [0.2, 0.25) is 0 Å². The lowest BCUT2D eigenvalue weighted by Crippen LogP contribution is -2.15. The minimum atomic E-state index is -0.123. The van der Waals surface area contributed by atoms with Crippen molar-refractivity contribution in [2.75, 3.05) is 0 Å². The van der Waals surface area contributed by atoms with Gasteiger partial charge in [0.05, 0.1) is 12.0 Å². The number of hydrogen-bond donors (Lipinski definition) is 1. The number of aliphatic hydroxyl groups is 1. The number of nitrogens with zero attached hydrogens (tertiary/aromatic N) is 2. The van der Waals surface area contributed by atoms with E-state index < -0.39 is 0 Å². The molecule has 4 heteroatoms. The Hall–Kier alpha value is -2.10. The molecule has 0 saturated heterocycles. The summed E-state index contributed by atoms with van der Waals surface area (Å²) >= 11 is 0. The van der Waals surface area contributed by atoms with Crippen molar-refractivity contribution in [3.05, 3.63) is 47.6 Å². The summed E-state index contributed by atoms with van der Waals surface area (Å²) in [6.07, 6.45) is 3.99. The molecule has 0 radical (unpaired) electrons. The van der Waals surface area contributed by atoms with Crippen LogP contribution in [0.1, 0.15) is 22.6 Å². The molecule has 80 valence electrons. The summed E-state index contributed by atoms with van der Waals surface area (Å²) in [6.45, 7) is 0. The zero-order chi connectivity index (χ0) is 11.1. The van der Waals surface area contributed by atoms with Crippen LogP contribution < -0.4 is 0 Å². The Morgan fingerprint density at radius 3 is 3.06 bits per heavy atom. The summed E-state index contributed by atoms with van der Waals surface area (Å²) in [7, 11) is 0. The highest BCUT2D eigenvalue weighted by Crippen LogP contribution is 2.25. The van der Waals surface area contributed by atoms with Gasteiger partial charge >= 0.3 is 0 Å². The zero-order valence-corrected chi connectivity index (χ0v) is 8.55. The van der Waals surface area contributed by atoms with Crippen LogP contribution in [0.15, 0.2) is 36.2 Å². The van der Waals surface area contributed by atoms with Crippen LogP contribution in [0, 0.1) is 0 Å². The number of fused-ring (bicyclic) bond motifs is 3. The van der Waals surface area contributed by atoms with Crippen molar-refractivity contribution in [1.29, 1.82) is 0 Å². The standard InChI is InChI=1S/C12H10N2O2/c15-7-8-4-5-9-11(12(8)16)14-6-2-1-3-10(14)13-9/h1-3,6-7,15H,4-5H2/b8-7-. The third-order valence-electron chi connectivity index (χ3n) is 2.90. The first-order chi connectivity index (χ1) is 7.81. The van der Waals surface area contributed by atoms with E-state index >= 15 is 0 Å². The van der Waals surface area contributed by atoms with Crippen LogP contribution >= 0.6 is 0 Å². The van der Waals surface area contributed by atoms with Crippen LogP contribution in [-0.2, 0) is 6.42 Å². The van der Waals surface area contributed by atoms with Crippen LogP contribution in [0.3, 0.4) is 0 Å². The Bertz CT molecular complexity index is 611. The van der Waals surface area contributed by atoms with Crippen molar-refractivity contribution >= 4 is 11.4 Å². The molecule has 3 rings (SSSR count). The molecule has 1 aliphatic carbocycles. The maximum absolute atomic E-state index is 12.0. The Morgan fingerprint density at radius 2 is 2.25 bits per heavy atom. The first-order valence-electron chi connectivity index (χ1n) is 5.15. The number of carbonyl (C=O) groups excluding carboxylic acids is 1. The number of imidazole rings is 1. The molecule has 1 N–H and O–H groups in total. The Morgan fingerprint density at radius 1 is 1.38 bits per heavy atom. The van der Waals surface area contributed by atoms with Gasteiger partial charge in [0, 0.05) is 11.8 Å². The molecule has 0 saturated carbocycles. The molecule has 2 heterocycles. The van der Waals surface area contributed by atoms with Crippen molar-refractivity contribution in [2.45, 2.75) is 12.8 Å². The van der Waals surface area contributed by atoms with Gasteiger partial charge in [-0.1, -0.05) is 6.07 Å². The number of pyridine rings is 1. The molecule has 0 aliphatic heterocycles. The average molecular weight is 214 g/mol. The number of ketones is 1. The first-order valence-corrected chi connectivity index (χ1v) is 5.15. The number of hydrogen-bond acceptors (Lipinski definition) is 3. The number of Topliss-reactive ketones (excluding diaryl/α,β-unsaturated/α-hetero) is 1. The van der Waals surface area contributed by atoms with Gasteiger partial charge in [0.1, 0.15) is 11.3 Å². The van der Waals surface area contributed by atoms with Crippen molar-refractivity contribution in [2.24, 2.45) is 0 Å². The van der Waals surface area contributed by atoms with Crippen LogP contribution in [0.4, 0.5) is 0 Å². The molecule has 0 bridgehead atoms. The number of aromatic nitrogens is 2. The molecule has 2 aromatic heterocycles. The van der Waals surface area contributed by atoms with Gasteiger partial charge in [0.2, 0.25) is 5.78 Å². The topological polar surface area (TPSA) is 54.6 Å². The normalized spacial score (nSPS) is 18.0. The summed E-state index contributed by atoms with van der Waals surface area (Å²) in [4.78, 5) is 16.4. The molecule has 0 aromatic carbocycles. The van der Waals surface area contributed by atoms with E-state index in [0.29, 0.717) is 24.1 Å². The smallest absolute Gasteiger partial charge is 0.210 e. The summed E-state index contributed by atoms with van der Waals surface area (Å²) in [5, 5.41) is 8.98. The minimum absolute atomic E-state index is 0.123. The quantitative estimate of drug-likeness (QED) is 0.538. The van der Waals surface area contributed by atoms with E-state index in [-0.39, 0.29) is 5.78 Å². The number of rotatable bonds is 0. The van der Waals surface area contributed by atoms with Gasteiger partial charge in [-0.15, -0.1) is 0 Å². The second kappa shape index (κ2) is 3.20. The van der Waals surface area contributed by atoms with Crippen molar-refractivity contribution < 1.29 is 9.90 Å². The monoisotopic (exact) mass is 214 g/mol. The van der Waals surface area contributed by atoms with Crippen LogP contribution in [0.5, 0.6) is 0 Å². The lowest BCUT2D eigenvalue weighted by molar-refractivity contribution is 0.101. The van der Waals surface area contributed by atoms with E-state index in [0.717, 1.165) is 17.6 Å². The number of aryl methyl sites for hydroxylation is 1. The van der Waals surface area contributed by atoms with Gasteiger partial charge in [-0.05, 0) is 25.0 Å². The van der Waals surface area contributed by atoms with E-state index in [2.05, 4.69) is 4.98 Å². The second-order valence-corrected chi connectivity index (χ2v) is 3.82. The van der Waals surface area contributed by atoms with Crippen LogP contribution in [0.25, 0.3) is 5.65 Å². The summed E-state index contributed by atoms with van der Waals surface area (Å²) in [5.41, 5.74) is 2.64. The van der Waals surface area contributed by atoms with Gasteiger partial charge in [0.25, 0.3) is 0 Å². The molecule has 4 nitrogen and oxygen atoms in total. The number of allylic oxidation sites excluding steroid dienone is 1. The van der Waals surface area contributed by atoms with E-state index in [1.807, 2.05) is 24.4 Å². The van der Waals surface area contributed by atoms with Gasteiger partial charge in [-0.3, -0.25) is 9.20 Å². The predicted octanol–water partition coefficient (Wildman–Crippen LogP) is 1.91. The molecule has 0 fully saturated rings. The van der Waals surface area contributed by atoms with Crippen LogP contribution in [-0.4, -0.2) is 20.3 Å². The fraction of sp³-hybridized carbons (Fsp3) is 0.167. The molecular formula is C12H10N2O2. The Balaban J connectivity index is 2.32. The minimum Gasteiger partial charge on any atom is -0.515 e. The van der Waals surface area contributed by atoms with Crippen molar-refractivity contribution in [3.63, 3.8) is 0 Å². The van der Waals surface area contributed by atoms with Gasteiger partial charge in [0.15, 0.2) is 0 Å². The SMILES string of the molecule is O=C1/C(=C\O)CCc2nc3ccccn3c21.